The molecule has 1 saturated heterocycles. The maximum absolute atomic E-state index is 12.2. The van der Waals surface area contributed by atoms with E-state index in [1.807, 2.05) is 40.1 Å². The SMILES string of the molecule is O=C(O)CN1CCCN(C(=O)Cc2ccccc2)CC1. The zero-order valence-electron chi connectivity index (χ0n) is 11.5. The average molecular weight is 276 g/mol. The van der Waals surface area contributed by atoms with Crippen molar-refractivity contribution < 1.29 is 14.7 Å². The van der Waals surface area contributed by atoms with Crippen molar-refractivity contribution in [1.29, 1.82) is 0 Å². The number of aliphatic carboxylic acids is 1. The van der Waals surface area contributed by atoms with E-state index in [1.54, 1.807) is 0 Å². The lowest BCUT2D eigenvalue weighted by Gasteiger charge is -2.21. The highest BCUT2D eigenvalue weighted by atomic mass is 16.4. The monoisotopic (exact) mass is 276 g/mol. The minimum absolute atomic E-state index is 0.0563. The number of amides is 1. The van der Waals surface area contributed by atoms with Gasteiger partial charge in [0.05, 0.1) is 13.0 Å². The first-order valence-electron chi connectivity index (χ1n) is 6.91. The summed E-state index contributed by atoms with van der Waals surface area (Å²) in [5.41, 5.74) is 1.02. The van der Waals surface area contributed by atoms with Crippen molar-refractivity contribution in [1.82, 2.24) is 9.80 Å². The predicted molar refractivity (Wildman–Crippen MR) is 75.4 cm³/mol. The van der Waals surface area contributed by atoms with Crippen LogP contribution < -0.4 is 0 Å². The van der Waals surface area contributed by atoms with Crippen molar-refractivity contribution in [2.45, 2.75) is 12.8 Å². The van der Waals surface area contributed by atoms with Crippen molar-refractivity contribution in [3.05, 3.63) is 35.9 Å². The molecule has 1 heterocycles. The molecule has 1 aliphatic heterocycles. The minimum Gasteiger partial charge on any atom is -0.480 e. The number of carboxylic acids is 1. The van der Waals surface area contributed by atoms with Crippen molar-refractivity contribution in [3.63, 3.8) is 0 Å². The Morgan fingerprint density at radius 2 is 1.80 bits per heavy atom. The lowest BCUT2D eigenvalue weighted by Crippen LogP contribution is -2.37. The van der Waals surface area contributed by atoms with E-state index < -0.39 is 5.97 Å². The van der Waals surface area contributed by atoms with Gasteiger partial charge in [0.25, 0.3) is 0 Å². The van der Waals surface area contributed by atoms with Gasteiger partial charge in [0.2, 0.25) is 5.91 Å². The van der Waals surface area contributed by atoms with Crippen LogP contribution in [0.2, 0.25) is 0 Å². The minimum atomic E-state index is -0.811. The van der Waals surface area contributed by atoms with Gasteiger partial charge in [0.15, 0.2) is 0 Å². The van der Waals surface area contributed by atoms with Crippen LogP contribution in [-0.2, 0) is 16.0 Å². The highest BCUT2D eigenvalue weighted by Crippen LogP contribution is 2.07. The standard InChI is InChI=1S/C15H20N2O3/c18-14(11-13-5-2-1-3-6-13)17-8-4-7-16(9-10-17)12-15(19)20/h1-3,5-6H,4,7-12H2,(H,19,20). The molecule has 0 radical (unpaired) electrons. The molecule has 0 spiro atoms. The molecule has 1 N–H and O–H groups in total. The zero-order chi connectivity index (χ0) is 14.4. The molecule has 0 unspecified atom stereocenters. The van der Waals surface area contributed by atoms with E-state index in [0.29, 0.717) is 26.1 Å². The van der Waals surface area contributed by atoms with Crippen molar-refractivity contribution >= 4 is 11.9 Å². The normalized spacial score (nSPS) is 16.7. The third-order valence-corrected chi connectivity index (χ3v) is 3.50. The molecular formula is C15H20N2O3. The maximum atomic E-state index is 12.2. The van der Waals surface area contributed by atoms with E-state index in [1.165, 1.54) is 0 Å². The molecule has 1 amide bonds. The van der Waals surface area contributed by atoms with Crippen LogP contribution in [0, 0.1) is 0 Å². The van der Waals surface area contributed by atoms with Crippen LogP contribution in [0.1, 0.15) is 12.0 Å². The molecule has 1 aromatic carbocycles. The van der Waals surface area contributed by atoms with E-state index in [9.17, 15) is 9.59 Å². The van der Waals surface area contributed by atoms with Gasteiger partial charge in [-0.1, -0.05) is 30.3 Å². The molecule has 0 aliphatic carbocycles. The first-order chi connectivity index (χ1) is 9.65. The average Bonchev–Trinajstić information content (AvgIpc) is 2.65. The Morgan fingerprint density at radius 1 is 1.05 bits per heavy atom. The van der Waals surface area contributed by atoms with Crippen LogP contribution >= 0.6 is 0 Å². The van der Waals surface area contributed by atoms with E-state index in [4.69, 9.17) is 5.11 Å². The van der Waals surface area contributed by atoms with E-state index in [-0.39, 0.29) is 12.5 Å². The predicted octanol–water partition coefficient (Wildman–Crippen LogP) is 0.848. The quantitative estimate of drug-likeness (QED) is 0.885. The molecule has 0 bridgehead atoms. The molecule has 0 aromatic heterocycles. The third kappa shape index (κ3) is 4.35. The van der Waals surface area contributed by atoms with Gasteiger partial charge in [-0.05, 0) is 12.0 Å². The van der Waals surface area contributed by atoms with Crippen molar-refractivity contribution in [3.8, 4) is 0 Å². The maximum Gasteiger partial charge on any atom is 0.317 e. The molecule has 5 heteroatoms. The Labute approximate surface area is 118 Å². The number of rotatable bonds is 4. The summed E-state index contributed by atoms with van der Waals surface area (Å²) in [6.45, 7) is 2.75. The van der Waals surface area contributed by atoms with E-state index in [0.717, 1.165) is 18.5 Å². The molecular weight excluding hydrogens is 256 g/mol. The van der Waals surface area contributed by atoms with Crippen LogP contribution in [0.5, 0.6) is 0 Å². The Hall–Kier alpha value is -1.88. The third-order valence-electron chi connectivity index (χ3n) is 3.50. The van der Waals surface area contributed by atoms with Gasteiger partial charge in [0.1, 0.15) is 0 Å². The molecule has 5 nitrogen and oxygen atoms in total. The van der Waals surface area contributed by atoms with Crippen molar-refractivity contribution in [2.24, 2.45) is 0 Å². The second-order valence-electron chi connectivity index (χ2n) is 5.07. The van der Waals surface area contributed by atoms with Gasteiger partial charge in [-0.2, -0.15) is 0 Å². The summed E-state index contributed by atoms with van der Waals surface area (Å²) in [5, 5.41) is 8.81. The molecule has 0 saturated carbocycles. The van der Waals surface area contributed by atoms with Gasteiger partial charge in [-0.25, -0.2) is 0 Å². The highest BCUT2D eigenvalue weighted by Gasteiger charge is 2.20. The van der Waals surface area contributed by atoms with Gasteiger partial charge in [-0.3, -0.25) is 14.5 Å². The summed E-state index contributed by atoms with van der Waals surface area (Å²) in [6, 6.07) is 9.70. The first-order valence-corrected chi connectivity index (χ1v) is 6.91. The van der Waals surface area contributed by atoms with Gasteiger partial charge < -0.3 is 10.0 Å². The number of hydrogen-bond acceptors (Lipinski definition) is 3. The fourth-order valence-electron chi connectivity index (χ4n) is 2.45. The van der Waals surface area contributed by atoms with E-state index >= 15 is 0 Å². The number of carbonyl (C=O) groups is 2. The number of hydrogen-bond donors (Lipinski definition) is 1. The largest absolute Gasteiger partial charge is 0.480 e. The Morgan fingerprint density at radius 3 is 2.50 bits per heavy atom. The van der Waals surface area contributed by atoms with Crippen LogP contribution in [-0.4, -0.2) is 59.5 Å². The number of benzene rings is 1. The second-order valence-corrected chi connectivity index (χ2v) is 5.07. The molecule has 1 aromatic rings. The molecule has 20 heavy (non-hydrogen) atoms. The Kier molecular flexibility index (Phi) is 5.12. The van der Waals surface area contributed by atoms with Crippen molar-refractivity contribution in [2.75, 3.05) is 32.7 Å². The van der Waals surface area contributed by atoms with Gasteiger partial charge in [0, 0.05) is 26.2 Å². The fourth-order valence-corrected chi connectivity index (χ4v) is 2.45. The Balaban J connectivity index is 1.86. The molecule has 108 valence electrons. The smallest absolute Gasteiger partial charge is 0.317 e. The van der Waals surface area contributed by atoms with Crippen LogP contribution in [0.25, 0.3) is 0 Å². The number of carboxylic acid groups (broad SMARTS) is 1. The Bertz CT molecular complexity index is 461. The first kappa shape index (κ1) is 14.5. The van der Waals surface area contributed by atoms with Gasteiger partial charge >= 0.3 is 5.97 Å². The lowest BCUT2D eigenvalue weighted by molar-refractivity contribution is -0.138. The van der Waals surface area contributed by atoms with E-state index in [2.05, 4.69) is 0 Å². The summed E-state index contributed by atoms with van der Waals surface area (Å²) in [5.74, 6) is -0.692. The van der Waals surface area contributed by atoms with Gasteiger partial charge in [-0.15, -0.1) is 0 Å². The zero-order valence-corrected chi connectivity index (χ0v) is 11.5. The molecule has 1 fully saturated rings. The fraction of sp³-hybridized carbons (Fsp3) is 0.467. The summed E-state index contributed by atoms with van der Waals surface area (Å²) in [6.07, 6.45) is 1.24. The summed E-state index contributed by atoms with van der Waals surface area (Å²) in [7, 11) is 0. The lowest BCUT2D eigenvalue weighted by atomic mass is 10.1. The van der Waals surface area contributed by atoms with Crippen LogP contribution in [0.15, 0.2) is 30.3 Å². The second kappa shape index (κ2) is 7.05. The van der Waals surface area contributed by atoms with Crippen LogP contribution in [0.4, 0.5) is 0 Å². The molecule has 1 aliphatic rings. The molecule has 2 rings (SSSR count). The number of carbonyl (C=O) groups excluding carboxylic acids is 1. The van der Waals surface area contributed by atoms with Crippen LogP contribution in [0.3, 0.4) is 0 Å². The highest BCUT2D eigenvalue weighted by molar-refractivity contribution is 5.78. The summed E-state index contributed by atoms with van der Waals surface area (Å²) in [4.78, 5) is 26.7. The topological polar surface area (TPSA) is 60.9 Å². The number of nitrogens with zero attached hydrogens (tertiary/aromatic N) is 2. The summed E-state index contributed by atoms with van der Waals surface area (Å²) < 4.78 is 0. The summed E-state index contributed by atoms with van der Waals surface area (Å²) >= 11 is 0. The molecule has 0 atom stereocenters.